The molecule has 1 aliphatic rings. The number of anilines is 1. The molecule has 6 nitrogen and oxygen atoms in total. The van der Waals surface area contributed by atoms with Gasteiger partial charge in [-0.1, -0.05) is 30.3 Å². The van der Waals surface area contributed by atoms with Gasteiger partial charge in [0.1, 0.15) is 11.6 Å². The summed E-state index contributed by atoms with van der Waals surface area (Å²) in [5, 5.41) is 28.3. The Morgan fingerprint density at radius 3 is 2.44 bits per heavy atom. The third kappa shape index (κ3) is 3.78. The van der Waals surface area contributed by atoms with Gasteiger partial charge in [-0.15, -0.1) is 5.10 Å². The zero-order chi connectivity index (χ0) is 17.8. The van der Waals surface area contributed by atoms with Crippen molar-refractivity contribution in [2.75, 3.05) is 37.6 Å². The van der Waals surface area contributed by atoms with Crippen LogP contribution in [0.2, 0.25) is 0 Å². The van der Waals surface area contributed by atoms with Crippen molar-refractivity contribution in [3.63, 3.8) is 0 Å². The molecule has 1 fully saturated rings. The van der Waals surface area contributed by atoms with Gasteiger partial charge < -0.3 is 10.0 Å². The lowest BCUT2D eigenvalue weighted by molar-refractivity contribution is 0.109. The molecule has 2 aromatic rings. The van der Waals surface area contributed by atoms with Gasteiger partial charge >= 0.3 is 0 Å². The molecule has 0 spiro atoms. The maximum absolute atomic E-state index is 10.4. The summed E-state index contributed by atoms with van der Waals surface area (Å²) in [6, 6.07) is 12.0. The molecule has 130 valence electrons. The summed E-state index contributed by atoms with van der Waals surface area (Å²) in [5.74, 6) is 0.675. The van der Waals surface area contributed by atoms with Gasteiger partial charge in [-0.3, -0.25) is 4.90 Å². The third-order valence-electron chi connectivity index (χ3n) is 4.84. The lowest BCUT2D eigenvalue weighted by atomic mass is 10.1. The molecule has 1 saturated heterocycles. The fourth-order valence-corrected chi connectivity index (χ4v) is 3.12. The predicted octanol–water partition coefficient (Wildman–Crippen LogP) is 1.82. The molecular formula is C19H23N5O. The van der Waals surface area contributed by atoms with E-state index in [0.29, 0.717) is 17.9 Å². The molecule has 1 aromatic heterocycles. The minimum Gasteiger partial charge on any atom is -0.387 e. The Labute approximate surface area is 148 Å². The minimum atomic E-state index is -0.483. The van der Waals surface area contributed by atoms with Gasteiger partial charge in [0.2, 0.25) is 0 Å². The van der Waals surface area contributed by atoms with E-state index in [9.17, 15) is 10.4 Å². The molecule has 1 unspecified atom stereocenters. The zero-order valence-corrected chi connectivity index (χ0v) is 14.7. The monoisotopic (exact) mass is 337 g/mol. The van der Waals surface area contributed by atoms with Crippen LogP contribution in [0.15, 0.2) is 30.3 Å². The van der Waals surface area contributed by atoms with Crippen LogP contribution in [0.5, 0.6) is 0 Å². The molecule has 1 N–H and O–H groups in total. The smallest absolute Gasteiger partial charge is 0.169 e. The highest BCUT2D eigenvalue weighted by Crippen LogP contribution is 2.23. The van der Waals surface area contributed by atoms with Crippen molar-refractivity contribution in [3.05, 3.63) is 52.7 Å². The Morgan fingerprint density at radius 1 is 1.12 bits per heavy atom. The number of nitriles is 1. The lowest BCUT2D eigenvalue weighted by Crippen LogP contribution is -2.48. The average molecular weight is 337 g/mol. The summed E-state index contributed by atoms with van der Waals surface area (Å²) >= 11 is 0. The van der Waals surface area contributed by atoms with Crippen LogP contribution in [0.3, 0.4) is 0 Å². The van der Waals surface area contributed by atoms with Crippen LogP contribution in [0.4, 0.5) is 5.82 Å². The quantitative estimate of drug-likeness (QED) is 0.917. The number of aliphatic hydroxyl groups excluding tert-OH is 1. The molecule has 2 heterocycles. The van der Waals surface area contributed by atoms with Crippen LogP contribution in [0, 0.1) is 25.2 Å². The van der Waals surface area contributed by atoms with Gasteiger partial charge in [0.25, 0.3) is 0 Å². The van der Waals surface area contributed by atoms with Gasteiger partial charge in [-0.2, -0.15) is 10.4 Å². The molecular weight excluding hydrogens is 314 g/mol. The van der Waals surface area contributed by atoms with Crippen LogP contribution in [-0.4, -0.2) is 52.9 Å². The van der Waals surface area contributed by atoms with Gasteiger partial charge in [-0.05, 0) is 25.0 Å². The predicted molar refractivity (Wildman–Crippen MR) is 96.3 cm³/mol. The number of aromatic nitrogens is 2. The number of aryl methyl sites for hydroxylation is 1. The first kappa shape index (κ1) is 17.3. The minimum absolute atomic E-state index is 0.483. The van der Waals surface area contributed by atoms with Crippen molar-refractivity contribution >= 4 is 5.82 Å². The Balaban J connectivity index is 1.63. The molecule has 0 saturated carbocycles. The molecule has 3 rings (SSSR count). The van der Waals surface area contributed by atoms with E-state index in [1.807, 2.05) is 44.2 Å². The Bertz CT molecular complexity index is 763. The first-order chi connectivity index (χ1) is 12.1. The fourth-order valence-electron chi connectivity index (χ4n) is 3.12. The molecule has 25 heavy (non-hydrogen) atoms. The van der Waals surface area contributed by atoms with Gasteiger partial charge in [0.05, 0.1) is 11.8 Å². The summed E-state index contributed by atoms with van der Waals surface area (Å²) in [6.07, 6.45) is -0.483. The van der Waals surface area contributed by atoms with Crippen LogP contribution in [0.25, 0.3) is 0 Å². The maximum Gasteiger partial charge on any atom is 0.169 e. The molecule has 6 heteroatoms. The Morgan fingerprint density at radius 2 is 1.80 bits per heavy atom. The summed E-state index contributed by atoms with van der Waals surface area (Å²) in [7, 11) is 0. The van der Waals surface area contributed by atoms with Crippen molar-refractivity contribution in [1.29, 1.82) is 5.26 Å². The number of nitrogens with zero attached hydrogens (tertiary/aromatic N) is 5. The second kappa shape index (κ2) is 7.60. The number of aliphatic hydroxyl groups is 1. The van der Waals surface area contributed by atoms with Gasteiger partial charge in [0.15, 0.2) is 5.82 Å². The fraction of sp³-hybridized carbons (Fsp3) is 0.421. The van der Waals surface area contributed by atoms with Crippen LogP contribution in [-0.2, 0) is 0 Å². The molecule has 1 aromatic carbocycles. The number of hydrogen-bond acceptors (Lipinski definition) is 6. The number of hydrogen-bond donors (Lipinski definition) is 1. The molecule has 1 atom stereocenters. The summed E-state index contributed by atoms with van der Waals surface area (Å²) in [6.45, 7) is 7.59. The van der Waals surface area contributed by atoms with Gasteiger partial charge in [-0.25, -0.2) is 0 Å². The maximum atomic E-state index is 10.4. The van der Waals surface area contributed by atoms with E-state index < -0.39 is 6.10 Å². The average Bonchev–Trinajstić information content (AvgIpc) is 2.65. The van der Waals surface area contributed by atoms with E-state index in [1.165, 1.54) is 0 Å². The number of rotatable bonds is 4. The first-order valence-corrected chi connectivity index (χ1v) is 8.54. The number of benzene rings is 1. The number of β-amino-alcohol motifs (C(OH)–C–C–N with tert-alkyl or cyclic N) is 1. The first-order valence-electron chi connectivity index (χ1n) is 8.54. The highest BCUT2D eigenvalue weighted by Gasteiger charge is 2.23. The topological polar surface area (TPSA) is 76.3 Å². The van der Waals surface area contributed by atoms with E-state index in [1.54, 1.807) is 0 Å². The SMILES string of the molecule is Cc1nnc(N2CCN(CC(O)c3ccccc3)CC2)c(C#N)c1C. The van der Waals surface area contributed by atoms with Crippen molar-refractivity contribution in [3.8, 4) is 6.07 Å². The van der Waals surface area contributed by atoms with E-state index in [4.69, 9.17) is 0 Å². The highest BCUT2D eigenvalue weighted by molar-refractivity contribution is 5.57. The van der Waals surface area contributed by atoms with E-state index in [2.05, 4.69) is 26.1 Å². The molecule has 0 aliphatic carbocycles. The number of piperazine rings is 1. The summed E-state index contributed by atoms with van der Waals surface area (Å²) in [4.78, 5) is 4.36. The summed E-state index contributed by atoms with van der Waals surface area (Å²) < 4.78 is 0. The molecule has 0 bridgehead atoms. The zero-order valence-electron chi connectivity index (χ0n) is 14.7. The van der Waals surface area contributed by atoms with Crippen molar-refractivity contribution in [1.82, 2.24) is 15.1 Å². The van der Waals surface area contributed by atoms with Crippen LogP contribution >= 0.6 is 0 Å². The standard InChI is InChI=1S/C19H23N5O/c1-14-15(2)21-22-19(17(14)12-20)24-10-8-23(9-11-24)13-18(25)16-6-4-3-5-7-16/h3-7,18,25H,8-11,13H2,1-2H3. The van der Waals surface area contributed by atoms with E-state index in [-0.39, 0.29) is 0 Å². The van der Waals surface area contributed by atoms with Crippen LogP contribution in [0.1, 0.15) is 28.5 Å². The van der Waals surface area contributed by atoms with E-state index in [0.717, 1.165) is 43.0 Å². The second-order valence-corrected chi connectivity index (χ2v) is 6.43. The van der Waals surface area contributed by atoms with E-state index >= 15 is 0 Å². The van der Waals surface area contributed by atoms with Gasteiger partial charge in [0, 0.05) is 32.7 Å². The normalized spacial score (nSPS) is 16.5. The molecule has 1 aliphatic heterocycles. The van der Waals surface area contributed by atoms with Crippen molar-refractivity contribution in [2.24, 2.45) is 0 Å². The highest BCUT2D eigenvalue weighted by atomic mass is 16.3. The Kier molecular flexibility index (Phi) is 5.27. The van der Waals surface area contributed by atoms with Crippen molar-refractivity contribution in [2.45, 2.75) is 20.0 Å². The summed E-state index contributed by atoms with van der Waals surface area (Å²) in [5.41, 5.74) is 3.25. The van der Waals surface area contributed by atoms with Crippen molar-refractivity contribution < 1.29 is 5.11 Å². The van der Waals surface area contributed by atoms with Crippen LogP contribution < -0.4 is 4.90 Å². The lowest BCUT2D eigenvalue weighted by Gasteiger charge is -2.36. The molecule has 0 radical (unpaired) electrons. The Hall–Kier alpha value is -2.49. The third-order valence-corrected chi connectivity index (χ3v) is 4.84. The second-order valence-electron chi connectivity index (χ2n) is 6.43. The molecule has 0 amide bonds. The largest absolute Gasteiger partial charge is 0.387 e.